The van der Waals surface area contributed by atoms with E-state index < -0.39 is 0 Å². The third kappa shape index (κ3) is 3.58. The number of halogens is 1. The Labute approximate surface area is 128 Å². The number of nitrogens with zero attached hydrogens (tertiary/aromatic N) is 1. The van der Waals surface area contributed by atoms with E-state index in [2.05, 4.69) is 33.1 Å². The third-order valence-electron chi connectivity index (χ3n) is 3.50. The summed E-state index contributed by atoms with van der Waals surface area (Å²) >= 11 is 3.45. The number of rotatable bonds is 4. The monoisotopic (exact) mass is 334 g/mol. The van der Waals surface area contributed by atoms with E-state index in [1.165, 1.54) is 0 Å². The first-order chi connectivity index (χ1) is 9.47. The molecule has 0 fully saturated rings. The van der Waals surface area contributed by atoms with Crippen LogP contribution in [0.15, 0.2) is 40.9 Å². The Morgan fingerprint density at radius 2 is 1.85 bits per heavy atom. The van der Waals surface area contributed by atoms with Crippen LogP contribution in [-0.2, 0) is 0 Å². The van der Waals surface area contributed by atoms with Gasteiger partial charge in [0.05, 0.1) is 0 Å². The normalized spacial score (nSPS) is 12.7. The van der Waals surface area contributed by atoms with E-state index >= 15 is 0 Å². The maximum absolute atomic E-state index is 12.1. The molecule has 3 nitrogen and oxygen atoms in total. The lowest BCUT2D eigenvalue weighted by atomic mass is 10.1. The largest absolute Gasteiger partial charge is 0.350 e. The summed E-state index contributed by atoms with van der Waals surface area (Å²) in [6.45, 7) is 2.72. The minimum Gasteiger partial charge on any atom is -0.350 e. The molecular weight excluding hydrogens is 316 g/mol. The summed E-state index contributed by atoms with van der Waals surface area (Å²) in [5, 5.41) is 5.16. The lowest BCUT2D eigenvalue weighted by molar-refractivity contribution is 0.0944. The van der Waals surface area contributed by atoms with Gasteiger partial charge < -0.3 is 10.2 Å². The van der Waals surface area contributed by atoms with Crippen molar-refractivity contribution in [3.8, 4) is 0 Å². The van der Waals surface area contributed by atoms with E-state index in [1.807, 2.05) is 50.5 Å². The second-order valence-corrected chi connectivity index (χ2v) is 6.14. The van der Waals surface area contributed by atoms with E-state index in [1.54, 1.807) is 0 Å². The summed E-state index contributed by atoms with van der Waals surface area (Å²) in [5.74, 6) is -0.0245. The number of amides is 1. The van der Waals surface area contributed by atoms with Gasteiger partial charge in [0, 0.05) is 22.6 Å². The van der Waals surface area contributed by atoms with Crippen molar-refractivity contribution in [2.45, 2.75) is 13.0 Å². The highest BCUT2D eigenvalue weighted by molar-refractivity contribution is 9.10. The second-order valence-electron chi connectivity index (χ2n) is 5.23. The fraction of sp³-hybridized carbons (Fsp3) is 0.312. The number of carbonyl (C=O) groups is 1. The quantitative estimate of drug-likeness (QED) is 0.930. The first-order valence-corrected chi connectivity index (χ1v) is 7.40. The smallest absolute Gasteiger partial charge is 0.251 e. The van der Waals surface area contributed by atoms with Crippen molar-refractivity contribution in [3.05, 3.63) is 46.4 Å². The van der Waals surface area contributed by atoms with Crippen LogP contribution in [0.5, 0.6) is 0 Å². The molecule has 0 aliphatic carbocycles. The average Bonchev–Trinajstić information content (AvgIpc) is 2.43. The number of nitrogens with one attached hydrogen (secondary N) is 1. The molecule has 20 heavy (non-hydrogen) atoms. The van der Waals surface area contributed by atoms with Crippen LogP contribution in [0.1, 0.15) is 17.3 Å². The van der Waals surface area contributed by atoms with E-state index in [-0.39, 0.29) is 5.91 Å². The molecule has 0 saturated heterocycles. The summed E-state index contributed by atoms with van der Waals surface area (Å²) in [7, 11) is 4.01. The Kier molecular flexibility index (Phi) is 4.78. The minimum absolute atomic E-state index is 0.0245. The maximum atomic E-state index is 12.1. The number of fused-ring (bicyclic) bond motifs is 1. The lowest BCUT2D eigenvalue weighted by Crippen LogP contribution is -2.38. The van der Waals surface area contributed by atoms with Crippen molar-refractivity contribution in [3.63, 3.8) is 0 Å². The Morgan fingerprint density at radius 3 is 2.55 bits per heavy atom. The van der Waals surface area contributed by atoms with Gasteiger partial charge >= 0.3 is 0 Å². The highest BCUT2D eigenvalue weighted by atomic mass is 79.9. The molecule has 1 atom stereocenters. The van der Waals surface area contributed by atoms with Crippen LogP contribution in [0.25, 0.3) is 10.8 Å². The molecule has 1 amide bonds. The van der Waals surface area contributed by atoms with Crippen LogP contribution in [-0.4, -0.2) is 37.5 Å². The highest BCUT2D eigenvalue weighted by Crippen LogP contribution is 2.20. The van der Waals surface area contributed by atoms with Gasteiger partial charge in [-0.15, -0.1) is 0 Å². The van der Waals surface area contributed by atoms with Gasteiger partial charge in [-0.3, -0.25) is 4.79 Å². The molecule has 0 aromatic heterocycles. The molecule has 0 heterocycles. The van der Waals surface area contributed by atoms with Crippen LogP contribution >= 0.6 is 15.9 Å². The van der Waals surface area contributed by atoms with Crippen molar-refractivity contribution >= 4 is 32.6 Å². The average molecular weight is 335 g/mol. The Morgan fingerprint density at radius 1 is 1.20 bits per heavy atom. The third-order valence-corrected chi connectivity index (χ3v) is 4.00. The van der Waals surface area contributed by atoms with Crippen molar-refractivity contribution in [1.29, 1.82) is 0 Å². The van der Waals surface area contributed by atoms with Crippen LogP contribution in [0.3, 0.4) is 0 Å². The summed E-state index contributed by atoms with van der Waals surface area (Å²) in [5.41, 5.74) is 0.700. The standard InChI is InChI=1S/C16H19BrN2O/c1-11(19(2)3)10-18-16(20)14-5-4-13-9-15(17)7-6-12(13)8-14/h4-9,11H,10H2,1-3H3,(H,18,20). The first kappa shape index (κ1) is 15.0. The Hall–Kier alpha value is -1.39. The zero-order chi connectivity index (χ0) is 14.7. The molecular formula is C16H19BrN2O. The molecule has 0 bridgehead atoms. The summed E-state index contributed by atoms with van der Waals surface area (Å²) < 4.78 is 1.04. The number of hydrogen-bond acceptors (Lipinski definition) is 2. The van der Waals surface area contributed by atoms with Crippen LogP contribution < -0.4 is 5.32 Å². The molecule has 2 aromatic rings. The molecule has 1 N–H and O–H groups in total. The summed E-state index contributed by atoms with van der Waals surface area (Å²) in [6.07, 6.45) is 0. The number of carbonyl (C=O) groups excluding carboxylic acids is 1. The van der Waals surface area contributed by atoms with Gasteiger partial charge in [-0.1, -0.05) is 28.1 Å². The number of likely N-dealkylation sites (N-methyl/N-ethyl adjacent to an activating group) is 1. The van der Waals surface area contributed by atoms with E-state index in [0.717, 1.165) is 15.2 Å². The topological polar surface area (TPSA) is 32.3 Å². The maximum Gasteiger partial charge on any atom is 0.251 e. The van der Waals surface area contributed by atoms with Crippen LogP contribution in [0.2, 0.25) is 0 Å². The zero-order valence-electron chi connectivity index (χ0n) is 12.0. The predicted octanol–water partition coefficient (Wildman–Crippen LogP) is 3.28. The molecule has 0 aliphatic heterocycles. The zero-order valence-corrected chi connectivity index (χ0v) is 13.6. The van der Waals surface area contributed by atoms with Gasteiger partial charge in [-0.05, 0) is 56.1 Å². The molecule has 0 radical (unpaired) electrons. The first-order valence-electron chi connectivity index (χ1n) is 6.61. The molecule has 0 aliphatic rings. The van der Waals surface area contributed by atoms with E-state index in [0.29, 0.717) is 18.2 Å². The molecule has 0 spiro atoms. The molecule has 1 unspecified atom stereocenters. The number of benzene rings is 2. The molecule has 0 saturated carbocycles. The fourth-order valence-electron chi connectivity index (χ4n) is 1.88. The molecule has 106 valence electrons. The lowest BCUT2D eigenvalue weighted by Gasteiger charge is -2.20. The van der Waals surface area contributed by atoms with Crippen LogP contribution in [0, 0.1) is 0 Å². The van der Waals surface area contributed by atoms with Gasteiger partial charge in [0.2, 0.25) is 0 Å². The summed E-state index contributed by atoms with van der Waals surface area (Å²) in [6, 6.07) is 12.1. The van der Waals surface area contributed by atoms with Gasteiger partial charge in [0.25, 0.3) is 5.91 Å². The van der Waals surface area contributed by atoms with Crippen molar-refractivity contribution in [1.82, 2.24) is 10.2 Å². The SMILES string of the molecule is CC(CNC(=O)c1ccc2cc(Br)ccc2c1)N(C)C. The number of hydrogen-bond donors (Lipinski definition) is 1. The predicted molar refractivity (Wildman–Crippen MR) is 87.1 cm³/mol. The van der Waals surface area contributed by atoms with Gasteiger partial charge in [-0.2, -0.15) is 0 Å². The minimum atomic E-state index is -0.0245. The molecule has 2 aromatic carbocycles. The van der Waals surface area contributed by atoms with E-state index in [4.69, 9.17) is 0 Å². The Bertz CT molecular complexity index is 625. The van der Waals surface area contributed by atoms with Crippen molar-refractivity contribution in [2.24, 2.45) is 0 Å². The summed E-state index contributed by atoms with van der Waals surface area (Å²) in [4.78, 5) is 14.2. The highest BCUT2D eigenvalue weighted by Gasteiger charge is 2.09. The molecule has 4 heteroatoms. The Balaban J connectivity index is 2.12. The van der Waals surface area contributed by atoms with Crippen molar-refractivity contribution in [2.75, 3.05) is 20.6 Å². The fourth-order valence-corrected chi connectivity index (χ4v) is 2.26. The van der Waals surface area contributed by atoms with Gasteiger partial charge in [0.15, 0.2) is 0 Å². The van der Waals surface area contributed by atoms with Gasteiger partial charge in [0.1, 0.15) is 0 Å². The molecule has 2 rings (SSSR count). The van der Waals surface area contributed by atoms with Crippen molar-refractivity contribution < 1.29 is 4.79 Å². The van der Waals surface area contributed by atoms with E-state index in [9.17, 15) is 4.79 Å². The second kappa shape index (κ2) is 6.37. The van der Waals surface area contributed by atoms with Crippen LogP contribution in [0.4, 0.5) is 0 Å². The van der Waals surface area contributed by atoms with Gasteiger partial charge in [-0.25, -0.2) is 0 Å².